The van der Waals surface area contributed by atoms with Crippen molar-refractivity contribution in [3.63, 3.8) is 0 Å². The Labute approximate surface area is 146 Å². The van der Waals surface area contributed by atoms with Gasteiger partial charge in [-0.3, -0.25) is 9.59 Å². The van der Waals surface area contributed by atoms with Crippen molar-refractivity contribution in [1.29, 1.82) is 0 Å². The summed E-state index contributed by atoms with van der Waals surface area (Å²) in [6, 6.07) is 15.8. The fourth-order valence-electron chi connectivity index (χ4n) is 3.02. The minimum absolute atomic E-state index is 0.0271. The summed E-state index contributed by atoms with van der Waals surface area (Å²) in [6.07, 6.45) is 0.577. The topological polar surface area (TPSA) is 40.6 Å². The van der Waals surface area contributed by atoms with Gasteiger partial charge in [-0.05, 0) is 23.3 Å². The first-order chi connectivity index (χ1) is 12.1. The van der Waals surface area contributed by atoms with Gasteiger partial charge in [-0.1, -0.05) is 42.5 Å². The molecule has 1 aliphatic rings. The van der Waals surface area contributed by atoms with Crippen LogP contribution in [-0.2, 0) is 22.4 Å². The highest BCUT2D eigenvalue weighted by molar-refractivity contribution is 5.81. The van der Waals surface area contributed by atoms with Crippen LogP contribution in [0.2, 0.25) is 0 Å². The molecule has 1 fully saturated rings. The van der Waals surface area contributed by atoms with Gasteiger partial charge in [0.2, 0.25) is 11.8 Å². The lowest BCUT2D eigenvalue weighted by atomic mass is 10.1. The van der Waals surface area contributed by atoms with Crippen molar-refractivity contribution in [2.24, 2.45) is 0 Å². The number of benzene rings is 2. The minimum atomic E-state index is -0.332. The second kappa shape index (κ2) is 7.92. The van der Waals surface area contributed by atoms with Gasteiger partial charge in [0, 0.05) is 26.2 Å². The molecule has 0 radical (unpaired) electrons. The van der Waals surface area contributed by atoms with Crippen molar-refractivity contribution in [3.05, 3.63) is 71.5 Å². The first-order valence-electron chi connectivity index (χ1n) is 8.46. The van der Waals surface area contributed by atoms with Gasteiger partial charge >= 0.3 is 0 Å². The van der Waals surface area contributed by atoms with Crippen LogP contribution in [0.25, 0.3) is 0 Å². The van der Waals surface area contributed by atoms with Crippen LogP contribution in [0, 0.1) is 5.82 Å². The Morgan fingerprint density at radius 1 is 0.760 bits per heavy atom. The zero-order chi connectivity index (χ0) is 17.6. The Morgan fingerprint density at radius 3 is 1.84 bits per heavy atom. The largest absolute Gasteiger partial charge is 0.339 e. The Balaban J connectivity index is 1.49. The summed E-state index contributed by atoms with van der Waals surface area (Å²) in [6.45, 7) is 2.13. The molecule has 0 N–H and O–H groups in total. The van der Waals surface area contributed by atoms with Gasteiger partial charge in [0.25, 0.3) is 0 Å². The highest BCUT2D eigenvalue weighted by Gasteiger charge is 2.24. The van der Waals surface area contributed by atoms with E-state index in [0.717, 1.165) is 5.56 Å². The molecule has 2 aromatic rings. The number of amides is 2. The van der Waals surface area contributed by atoms with Crippen molar-refractivity contribution < 1.29 is 14.0 Å². The van der Waals surface area contributed by atoms with Crippen LogP contribution in [0.15, 0.2) is 54.6 Å². The van der Waals surface area contributed by atoms with Gasteiger partial charge in [-0.25, -0.2) is 4.39 Å². The van der Waals surface area contributed by atoms with E-state index in [-0.39, 0.29) is 24.1 Å². The Morgan fingerprint density at radius 2 is 1.28 bits per heavy atom. The van der Waals surface area contributed by atoms with Crippen molar-refractivity contribution in [2.75, 3.05) is 26.2 Å². The highest BCUT2D eigenvalue weighted by atomic mass is 19.1. The van der Waals surface area contributed by atoms with Crippen molar-refractivity contribution >= 4 is 11.8 Å². The number of carbonyl (C=O) groups excluding carboxylic acids is 2. The molecule has 1 saturated heterocycles. The Kier molecular flexibility index (Phi) is 5.43. The summed E-state index contributed by atoms with van der Waals surface area (Å²) in [5, 5.41) is 0. The van der Waals surface area contributed by atoms with Crippen LogP contribution in [0.1, 0.15) is 11.1 Å². The van der Waals surface area contributed by atoms with Crippen LogP contribution in [0.5, 0.6) is 0 Å². The normalized spacial score (nSPS) is 14.4. The van der Waals surface area contributed by atoms with Crippen molar-refractivity contribution in [3.8, 4) is 0 Å². The third-order valence-electron chi connectivity index (χ3n) is 4.43. The van der Waals surface area contributed by atoms with Crippen molar-refractivity contribution in [1.82, 2.24) is 9.80 Å². The van der Waals surface area contributed by atoms with Gasteiger partial charge in [-0.15, -0.1) is 0 Å². The average molecular weight is 340 g/mol. The quantitative estimate of drug-likeness (QED) is 0.857. The monoisotopic (exact) mass is 340 g/mol. The van der Waals surface area contributed by atoms with E-state index in [4.69, 9.17) is 0 Å². The third-order valence-corrected chi connectivity index (χ3v) is 4.43. The van der Waals surface area contributed by atoms with Gasteiger partial charge in [0.15, 0.2) is 0 Å². The molecule has 1 aliphatic heterocycles. The third kappa shape index (κ3) is 4.66. The molecule has 3 rings (SSSR count). The first kappa shape index (κ1) is 17.1. The smallest absolute Gasteiger partial charge is 0.227 e. The maximum absolute atomic E-state index is 13.2. The second-order valence-corrected chi connectivity index (χ2v) is 6.23. The van der Waals surface area contributed by atoms with Crippen LogP contribution in [0.3, 0.4) is 0 Å². The maximum atomic E-state index is 13.2. The van der Waals surface area contributed by atoms with Gasteiger partial charge in [0.05, 0.1) is 12.8 Å². The van der Waals surface area contributed by atoms with E-state index >= 15 is 0 Å². The van der Waals surface area contributed by atoms with E-state index < -0.39 is 0 Å². The summed E-state index contributed by atoms with van der Waals surface area (Å²) in [5.41, 5.74) is 1.67. The second-order valence-electron chi connectivity index (χ2n) is 6.23. The molecule has 2 aromatic carbocycles. The number of nitrogens with zero attached hydrogens (tertiary/aromatic N) is 2. The molecule has 1 heterocycles. The van der Waals surface area contributed by atoms with Gasteiger partial charge in [0.1, 0.15) is 5.82 Å². The lowest BCUT2D eigenvalue weighted by molar-refractivity contribution is -0.138. The SMILES string of the molecule is O=C(Cc1ccccc1)N1CCN(C(=O)Cc2cccc(F)c2)CC1. The predicted octanol–water partition coefficient (Wildman–Crippen LogP) is 2.28. The van der Waals surface area contributed by atoms with Crippen LogP contribution < -0.4 is 0 Å². The molecule has 0 aliphatic carbocycles. The zero-order valence-electron chi connectivity index (χ0n) is 14.0. The van der Waals surface area contributed by atoms with E-state index in [2.05, 4.69) is 0 Å². The summed E-state index contributed by atoms with van der Waals surface area (Å²) >= 11 is 0. The van der Waals surface area contributed by atoms with Crippen LogP contribution in [-0.4, -0.2) is 47.8 Å². The minimum Gasteiger partial charge on any atom is -0.339 e. The lowest BCUT2D eigenvalue weighted by Crippen LogP contribution is -2.51. The van der Waals surface area contributed by atoms with Crippen LogP contribution in [0.4, 0.5) is 4.39 Å². The molecule has 2 amide bonds. The van der Waals surface area contributed by atoms with E-state index in [1.165, 1.54) is 12.1 Å². The number of piperazine rings is 1. The summed E-state index contributed by atoms with van der Waals surface area (Å²) in [5.74, 6) is -0.272. The molecular formula is C20H21FN2O2. The van der Waals surface area contributed by atoms with E-state index in [9.17, 15) is 14.0 Å². The molecule has 0 spiro atoms. The Hall–Kier alpha value is -2.69. The predicted molar refractivity (Wildman–Crippen MR) is 93.4 cm³/mol. The fraction of sp³-hybridized carbons (Fsp3) is 0.300. The van der Waals surface area contributed by atoms with Gasteiger partial charge < -0.3 is 9.80 Å². The molecular weight excluding hydrogens is 319 g/mol. The number of rotatable bonds is 4. The molecule has 0 bridgehead atoms. The van der Waals surface area contributed by atoms with Crippen molar-refractivity contribution in [2.45, 2.75) is 12.8 Å². The molecule has 4 nitrogen and oxygen atoms in total. The van der Waals surface area contributed by atoms with Gasteiger partial charge in [-0.2, -0.15) is 0 Å². The summed E-state index contributed by atoms with van der Waals surface area (Å²) < 4.78 is 13.2. The van der Waals surface area contributed by atoms with E-state index in [1.807, 2.05) is 30.3 Å². The highest BCUT2D eigenvalue weighted by Crippen LogP contribution is 2.10. The molecule has 5 heteroatoms. The molecule has 0 aromatic heterocycles. The molecule has 130 valence electrons. The Bertz CT molecular complexity index is 740. The first-order valence-corrected chi connectivity index (χ1v) is 8.46. The lowest BCUT2D eigenvalue weighted by Gasteiger charge is -2.35. The molecule has 0 saturated carbocycles. The van der Waals surface area contributed by atoms with E-state index in [0.29, 0.717) is 38.2 Å². The molecule has 25 heavy (non-hydrogen) atoms. The number of hydrogen-bond acceptors (Lipinski definition) is 2. The fourth-order valence-corrected chi connectivity index (χ4v) is 3.02. The number of hydrogen-bond donors (Lipinski definition) is 0. The molecule has 0 unspecified atom stereocenters. The van der Waals surface area contributed by atoms with E-state index in [1.54, 1.807) is 21.9 Å². The summed E-state index contributed by atoms with van der Waals surface area (Å²) in [4.78, 5) is 28.3. The average Bonchev–Trinajstić information content (AvgIpc) is 2.62. The maximum Gasteiger partial charge on any atom is 0.227 e. The van der Waals surface area contributed by atoms with Crippen LogP contribution >= 0.6 is 0 Å². The zero-order valence-corrected chi connectivity index (χ0v) is 14.0. The summed E-state index contributed by atoms with van der Waals surface area (Å²) in [7, 11) is 0. The standard InChI is InChI=1S/C20H21FN2O2/c21-18-8-4-7-17(13-18)15-20(25)23-11-9-22(10-12-23)19(24)14-16-5-2-1-3-6-16/h1-8,13H,9-12,14-15H2. The number of carbonyl (C=O) groups is 2. The number of halogens is 1. The molecule has 0 atom stereocenters.